The van der Waals surface area contributed by atoms with Crippen LogP contribution in [0.5, 0.6) is 0 Å². The number of piperidine rings is 1. The number of carbonyl (C=O) groups excluding carboxylic acids is 5. The Morgan fingerprint density at radius 3 is 2.66 bits per heavy atom. The summed E-state index contributed by atoms with van der Waals surface area (Å²) in [6.07, 6.45) is 1.12. The van der Waals surface area contributed by atoms with Crippen molar-refractivity contribution in [2.45, 2.75) is 31.7 Å². The van der Waals surface area contributed by atoms with E-state index in [0.717, 1.165) is 4.90 Å². The Morgan fingerprint density at radius 1 is 1.17 bits per heavy atom. The predicted molar refractivity (Wildman–Crippen MR) is 101 cm³/mol. The molecule has 3 N–H and O–H groups in total. The van der Waals surface area contributed by atoms with E-state index in [0.29, 0.717) is 31.6 Å². The minimum atomic E-state index is -0.989. The van der Waals surface area contributed by atoms with Crippen LogP contribution in [0.3, 0.4) is 0 Å². The number of amides is 5. The summed E-state index contributed by atoms with van der Waals surface area (Å²) in [5, 5.41) is 7.90. The maximum absolute atomic E-state index is 12.9. The molecule has 1 fully saturated rings. The van der Waals surface area contributed by atoms with Gasteiger partial charge in [-0.15, -0.1) is 0 Å². The standard InChI is InChI=1S/C19H22N4O6/c1-29-19(28)21-10-3-2-9-20-12-6-4-5-11-15(12)18(27)23(17(11)26)13-7-8-14(24)22-16(13)25/h4-6,13,20H,2-3,7-10H2,1H3,(H,21,28)(H,22,24,25). The number of nitrogens with one attached hydrogen (secondary N) is 3. The third-order valence-electron chi connectivity index (χ3n) is 4.84. The molecule has 2 aliphatic heterocycles. The minimum absolute atomic E-state index is 0.0779. The fourth-order valence-corrected chi connectivity index (χ4v) is 3.40. The molecule has 0 saturated carbocycles. The van der Waals surface area contributed by atoms with Gasteiger partial charge in [-0.1, -0.05) is 6.07 Å². The van der Waals surface area contributed by atoms with Crippen LogP contribution in [0.4, 0.5) is 10.5 Å². The zero-order valence-electron chi connectivity index (χ0n) is 15.9. The number of hydrogen-bond acceptors (Lipinski definition) is 7. The quantitative estimate of drug-likeness (QED) is 0.450. The van der Waals surface area contributed by atoms with E-state index in [2.05, 4.69) is 20.7 Å². The molecular weight excluding hydrogens is 380 g/mol. The summed E-state index contributed by atoms with van der Waals surface area (Å²) in [7, 11) is 1.29. The molecule has 3 rings (SSSR count). The molecular formula is C19H22N4O6. The van der Waals surface area contributed by atoms with Gasteiger partial charge >= 0.3 is 6.09 Å². The summed E-state index contributed by atoms with van der Waals surface area (Å²) in [5.41, 5.74) is 0.975. The van der Waals surface area contributed by atoms with Crippen LogP contribution in [0.25, 0.3) is 0 Å². The van der Waals surface area contributed by atoms with E-state index in [9.17, 15) is 24.0 Å². The van der Waals surface area contributed by atoms with Crippen LogP contribution in [0.2, 0.25) is 0 Å². The monoisotopic (exact) mass is 402 g/mol. The summed E-state index contributed by atoms with van der Waals surface area (Å²) in [6.45, 7) is 0.987. The molecule has 10 nitrogen and oxygen atoms in total. The molecule has 1 aromatic rings. The molecule has 2 aliphatic rings. The molecule has 2 heterocycles. The summed E-state index contributed by atoms with van der Waals surface area (Å²) in [4.78, 5) is 61.1. The van der Waals surface area contributed by atoms with E-state index in [1.54, 1.807) is 18.2 Å². The minimum Gasteiger partial charge on any atom is -0.453 e. The van der Waals surface area contributed by atoms with Gasteiger partial charge < -0.3 is 15.4 Å². The van der Waals surface area contributed by atoms with Crippen LogP contribution in [0.15, 0.2) is 18.2 Å². The lowest BCUT2D eigenvalue weighted by Gasteiger charge is -2.27. The van der Waals surface area contributed by atoms with Gasteiger partial charge in [-0.05, 0) is 31.4 Å². The van der Waals surface area contributed by atoms with Crippen molar-refractivity contribution in [1.82, 2.24) is 15.5 Å². The number of nitrogens with zero attached hydrogens (tertiary/aromatic N) is 1. The van der Waals surface area contributed by atoms with Gasteiger partial charge in [-0.3, -0.25) is 29.4 Å². The molecule has 0 aliphatic carbocycles. The van der Waals surface area contributed by atoms with E-state index < -0.39 is 35.8 Å². The largest absolute Gasteiger partial charge is 0.453 e. The highest BCUT2D eigenvalue weighted by Crippen LogP contribution is 2.32. The zero-order valence-corrected chi connectivity index (χ0v) is 15.9. The Kier molecular flexibility index (Phi) is 6.10. The molecule has 5 amide bonds. The van der Waals surface area contributed by atoms with Crippen LogP contribution in [0, 0.1) is 0 Å². The van der Waals surface area contributed by atoms with Crippen LogP contribution >= 0.6 is 0 Å². The number of fused-ring (bicyclic) bond motifs is 1. The van der Waals surface area contributed by atoms with Crippen molar-refractivity contribution in [2.75, 3.05) is 25.5 Å². The van der Waals surface area contributed by atoms with Crippen molar-refractivity contribution in [1.29, 1.82) is 0 Å². The number of carbonyl (C=O) groups is 5. The Labute approximate surface area is 166 Å². The van der Waals surface area contributed by atoms with Crippen molar-refractivity contribution in [3.05, 3.63) is 29.3 Å². The van der Waals surface area contributed by atoms with Crippen LogP contribution in [0.1, 0.15) is 46.4 Å². The highest BCUT2D eigenvalue weighted by Gasteiger charge is 2.45. The van der Waals surface area contributed by atoms with Gasteiger partial charge in [-0.25, -0.2) is 4.79 Å². The number of anilines is 1. The normalized spacial score (nSPS) is 18.4. The van der Waals surface area contributed by atoms with E-state index in [1.807, 2.05) is 0 Å². The zero-order chi connectivity index (χ0) is 21.0. The summed E-state index contributed by atoms with van der Waals surface area (Å²) >= 11 is 0. The Bertz CT molecular complexity index is 868. The molecule has 10 heteroatoms. The average Bonchev–Trinajstić information content (AvgIpc) is 2.96. The van der Waals surface area contributed by atoms with Crippen molar-refractivity contribution >= 4 is 35.4 Å². The number of alkyl carbamates (subject to hydrolysis) is 1. The van der Waals surface area contributed by atoms with Crippen molar-refractivity contribution in [2.24, 2.45) is 0 Å². The summed E-state index contributed by atoms with van der Waals surface area (Å²) in [5.74, 6) is -2.13. The molecule has 1 atom stereocenters. The first-order chi connectivity index (χ1) is 13.9. The molecule has 29 heavy (non-hydrogen) atoms. The Balaban J connectivity index is 1.65. The predicted octanol–water partition coefficient (Wildman–Crippen LogP) is 0.636. The first-order valence-electron chi connectivity index (χ1n) is 9.34. The molecule has 1 saturated heterocycles. The number of unbranched alkanes of at least 4 members (excludes halogenated alkanes) is 1. The van der Waals surface area contributed by atoms with Gasteiger partial charge in [0, 0.05) is 25.2 Å². The number of benzene rings is 1. The van der Waals surface area contributed by atoms with E-state index >= 15 is 0 Å². The smallest absolute Gasteiger partial charge is 0.406 e. The molecule has 0 spiro atoms. The number of rotatable bonds is 7. The second kappa shape index (κ2) is 8.72. The fraction of sp³-hybridized carbons (Fsp3) is 0.421. The summed E-state index contributed by atoms with van der Waals surface area (Å²) < 4.78 is 4.48. The first kappa shape index (κ1) is 20.3. The molecule has 0 aromatic heterocycles. The molecule has 0 radical (unpaired) electrons. The number of hydrogen-bond donors (Lipinski definition) is 3. The highest BCUT2D eigenvalue weighted by atomic mass is 16.5. The lowest BCUT2D eigenvalue weighted by molar-refractivity contribution is -0.136. The maximum Gasteiger partial charge on any atom is 0.406 e. The molecule has 0 bridgehead atoms. The second-order valence-electron chi connectivity index (χ2n) is 6.73. The van der Waals surface area contributed by atoms with Gasteiger partial charge in [0.25, 0.3) is 11.8 Å². The van der Waals surface area contributed by atoms with Crippen molar-refractivity contribution < 1.29 is 28.7 Å². The Hall–Kier alpha value is -3.43. The molecule has 1 unspecified atom stereocenters. The maximum atomic E-state index is 12.9. The van der Waals surface area contributed by atoms with Crippen LogP contribution in [-0.2, 0) is 14.3 Å². The summed E-state index contributed by atoms with van der Waals surface area (Å²) in [6, 6.07) is 3.92. The van der Waals surface area contributed by atoms with Gasteiger partial charge in [0.2, 0.25) is 11.8 Å². The van der Waals surface area contributed by atoms with E-state index in [-0.39, 0.29) is 24.0 Å². The van der Waals surface area contributed by atoms with Crippen molar-refractivity contribution in [3.63, 3.8) is 0 Å². The van der Waals surface area contributed by atoms with Crippen LogP contribution in [-0.4, -0.2) is 60.9 Å². The molecule has 1 aromatic carbocycles. The third kappa shape index (κ3) is 4.20. The van der Waals surface area contributed by atoms with E-state index in [1.165, 1.54) is 7.11 Å². The van der Waals surface area contributed by atoms with Gasteiger partial charge in [0.05, 0.1) is 18.2 Å². The number of ether oxygens (including phenoxy) is 1. The van der Waals surface area contributed by atoms with E-state index in [4.69, 9.17) is 0 Å². The lowest BCUT2D eigenvalue weighted by Crippen LogP contribution is -2.54. The SMILES string of the molecule is COC(=O)NCCCCNc1cccc2c1C(=O)N(C1CCC(=O)NC1=O)C2=O. The first-order valence-corrected chi connectivity index (χ1v) is 9.34. The van der Waals surface area contributed by atoms with Gasteiger partial charge in [-0.2, -0.15) is 0 Å². The Morgan fingerprint density at radius 2 is 1.93 bits per heavy atom. The topological polar surface area (TPSA) is 134 Å². The van der Waals surface area contributed by atoms with Gasteiger partial charge in [0.1, 0.15) is 6.04 Å². The van der Waals surface area contributed by atoms with Gasteiger partial charge in [0.15, 0.2) is 0 Å². The molecule has 154 valence electrons. The lowest BCUT2D eigenvalue weighted by atomic mass is 10.0. The highest BCUT2D eigenvalue weighted by molar-refractivity contribution is 6.25. The average molecular weight is 402 g/mol. The van der Waals surface area contributed by atoms with Crippen LogP contribution < -0.4 is 16.0 Å². The fourth-order valence-electron chi connectivity index (χ4n) is 3.40. The number of methoxy groups -OCH3 is 1. The van der Waals surface area contributed by atoms with Crippen molar-refractivity contribution in [3.8, 4) is 0 Å². The number of imide groups is 2. The second-order valence-corrected chi connectivity index (χ2v) is 6.73. The third-order valence-corrected chi connectivity index (χ3v) is 4.84.